The summed E-state index contributed by atoms with van der Waals surface area (Å²) in [5.41, 5.74) is 8.10. The highest BCUT2D eigenvalue weighted by molar-refractivity contribution is 5.20. The van der Waals surface area contributed by atoms with E-state index in [0.717, 1.165) is 17.5 Å². The summed E-state index contributed by atoms with van der Waals surface area (Å²) in [5, 5.41) is 4.13. The Morgan fingerprint density at radius 2 is 1.83 bits per heavy atom. The summed E-state index contributed by atoms with van der Waals surface area (Å²) in [5.74, 6) is -0.218. The quantitative estimate of drug-likeness (QED) is 0.898. The Hall–Kier alpha value is -1.68. The van der Waals surface area contributed by atoms with Gasteiger partial charge in [0, 0.05) is 18.8 Å². The van der Waals surface area contributed by atoms with E-state index < -0.39 is 0 Å². The molecule has 3 nitrogen and oxygen atoms in total. The van der Waals surface area contributed by atoms with Crippen LogP contribution in [0.25, 0.3) is 0 Å². The van der Waals surface area contributed by atoms with Gasteiger partial charge in [-0.2, -0.15) is 5.10 Å². The van der Waals surface area contributed by atoms with Gasteiger partial charge >= 0.3 is 0 Å². The standard InChI is InChI=1S/C14H18FN3/c1-14(16,8-12-9-17-18(2)10-12)7-11-3-5-13(15)6-4-11/h3-6,9-10H,7-8,16H2,1-2H3. The first-order valence-electron chi connectivity index (χ1n) is 5.95. The minimum atomic E-state index is -0.360. The highest BCUT2D eigenvalue weighted by Gasteiger charge is 2.20. The van der Waals surface area contributed by atoms with Crippen LogP contribution in [0.15, 0.2) is 36.7 Å². The van der Waals surface area contributed by atoms with Gasteiger partial charge < -0.3 is 5.73 Å². The summed E-state index contributed by atoms with van der Waals surface area (Å²) in [7, 11) is 1.89. The van der Waals surface area contributed by atoms with E-state index >= 15 is 0 Å². The van der Waals surface area contributed by atoms with Gasteiger partial charge in [-0.05, 0) is 43.0 Å². The summed E-state index contributed by atoms with van der Waals surface area (Å²) in [6.07, 6.45) is 5.26. The molecule has 0 aliphatic heterocycles. The third-order valence-electron chi connectivity index (χ3n) is 2.89. The van der Waals surface area contributed by atoms with Crippen molar-refractivity contribution in [2.24, 2.45) is 12.8 Å². The van der Waals surface area contributed by atoms with Crippen LogP contribution in [0.3, 0.4) is 0 Å². The molecule has 0 spiro atoms. The number of nitrogens with zero attached hydrogens (tertiary/aromatic N) is 2. The van der Waals surface area contributed by atoms with Crippen LogP contribution in [0.4, 0.5) is 4.39 Å². The maximum Gasteiger partial charge on any atom is 0.123 e. The van der Waals surface area contributed by atoms with Crippen molar-refractivity contribution in [3.8, 4) is 0 Å². The highest BCUT2D eigenvalue weighted by Crippen LogP contribution is 2.16. The summed E-state index contributed by atoms with van der Waals surface area (Å²) in [6, 6.07) is 6.50. The lowest BCUT2D eigenvalue weighted by Gasteiger charge is -2.24. The van der Waals surface area contributed by atoms with Crippen molar-refractivity contribution >= 4 is 0 Å². The third kappa shape index (κ3) is 3.40. The first kappa shape index (κ1) is 12.8. The topological polar surface area (TPSA) is 43.8 Å². The van der Waals surface area contributed by atoms with Gasteiger partial charge in [0.05, 0.1) is 6.20 Å². The summed E-state index contributed by atoms with van der Waals surface area (Å²) in [6.45, 7) is 2.00. The number of halogens is 1. The molecular formula is C14H18FN3. The zero-order valence-electron chi connectivity index (χ0n) is 10.7. The van der Waals surface area contributed by atoms with Crippen LogP contribution in [0.2, 0.25) is 0 Å². The maximum absolute atomic E-state index is 12.8. The Kier molecular flexibility index (Phi) is 3.48. The van der Waals surface area contributed by atoms with E-state index in [-0.39, 0.29) is 11.4 Å². The molecule has 0 bridgehead atoms. The minimum Gasteiger partial charge on any atom is -0.325 e. The smallest absolute Gasteiger partial charge is 0.123 e. The Morgan fingerprint density at radius 1 is 1.22 bits per heavy atom. The zero-order valence-corrected chi connectivity index (χ0v) is 10.7. The molecule has 1 atom stereocenters. The predicted molar refractivity (Wildman–Crippen MR) is 69.6 cm³/mol. The molecule has 1 aromatic carbocycles. The van der Waals surface area contributed by atoms with Crippen LogP contribution in [0, 0.1) is 5.82 Å². The number of hydrogen-bond acceptors (Lipinski definition) is 2. The lowest BCUT2D eigenvalue weighted by atomic mass is 9.88. The molecule has 0 aliphatic carbocycles. The summed E-state index contributed by atoms with van der Waals surface area (Å²) >= 11 is 0. The molecule has 0 saturated carbocycles. The number of aromatic nitrogens is 2. The molecule has 0 amide bonds. The van der Waals surface area contributed by atoms with Crippen LogP contribution in [0.5, 0.6) is 0 Å². The first-order valence-corrected chi connectivity index (χ1v) is 5.95. The molecule has 2 N–H and O–H groups in total. The van der Waals surface area contributed by atoms with Gasteiger partial charge in [-0.15, -0.1) is 0 Å². The van der Waals surface area contributed by atoms with E-state index in [4.69, 9.17) is 5.73 Å². The number of hydrogen-bond donors (Lipinski definition) is 1. The lowest BCUT2D eigenvalue weighted by Crippen LogP contribution is -2.40. The monoisotopic (exact) mass is 247 g/mol. The lowest BCUT2D eigenvalue weighted by molar-refractivity contribution is 0.462. The van der Waals surface area contributed by atoms with Crippen LogP contribution in [-0.4, -0.2) is 15.3 Å². The average molecular weight is 247 g/mol. The Bertz CT molecular complexity index is 514. The highest BCUT2D eigenvalue weighted by atomic mass is 19.1. The van der Waals surface area contributed by atoms with Gasteiger partial charge in [-0.25, -0.2) is 4.39 Å². The Labute approximate surface area is 106 Å². The van der Waals surface area contributed by atoms with E-state index in [1.807, 2.05) is 26.4 Å². The molecule has 0 radical (unpaired) electrons. The fourth-order valence-corrected chi connectivity index (χ4v) is 2.16. The van der Waals surface area contributed by atoms with Gasteiger partial charge in [-0.1, -0.05) is 12.1 Å². The van der Waals surface area contributed by atoms with Gasteiger partial charge in [0.15, 0.2) is 0 Å². The van der Waals surface area contributed by atoms with Crippen molar-refractivity contribution in [3.05, 3.63) is 53.6 Å². The van der Waals surface area contributed by atoms with E-state index in [0.29, 0.717) is 6.42 Å². The van der Waals surface area contributed by atoms with Crippen LogP contribution < -0.4 is 5.73 Å². The molecule has 18 heavy (non-hydrogen) atoms. The molecule has 1 unspecified atom stereocenters. The van der Waals surface area contributed by atoms with Crippen LogP contribution in [-0.2, 0) is 19.9 Å². The number of aryl methyl sites for hydroxylation is 1. The van der Waals surface area contributed by atoms with E-state index in [9.17, 15) is 4.39 Å². The second kappa shape index (κ2) is 4.90. The second-order valence-corrected chi connectivity index (χ2v) is 5.16. The predicted octanol–water partition coefficient (Wildman–Crippen LogP) is 2.06. The van der Waals surface area contributed by atoms with Crippen molar-refractivity contribution in [1.29, 1.82) is 0 Å². The molecular weight excluding hydrogens is 229 g/mol. The second-order valence-electron chi connectivity index (χ2n) is 5.16. The molecule has 96 valence electrons. The van der Waals surface area contributed by atoms with Crippen molar-refractivity contribution in [2.45, 2.75) is 25.3 Å². The largest absolute Gasteiger partial charge is 0.325 e. The van der Waals surface area contributed by atoms with Crippen molar-refractivity contribution < 1.29 is 4.39 Å². The normalized spacial score (nSPS) is 14.4. The molecule has 2 aromatic rings. The molecule has 4 heteroatoms. The average Bonchev–Trinajstić information content (AvgIpc) is 2.66. The fourth-order valence-electron chi connectivity index (χ4n) is 2.16. The molecule has 2 rings (SSSR count). The first-order chi connectivity index (χ1) is 8.44. The fraction of sp³-hybridized carbons (Fsp3) is 0.357. The third-order valence-corrected chi connectivity index (χ3v) is 2.89. The maximum atomic E-state index is 12.8. The van der Waals surface area contributed by atoms with Crippen molar-refractivity contribution in [2.75, 3.05) is 0 Å². The van der Waals surface area contributed by atoms with E-state index in [1.54, 1.807) is 16.8 Å². The molecule has 0 aliphatic rings. The molecule has 1 heterocycles. The molecule has 0 saturated heterocycles. The van der Waals surface area contributed by atoms with Crippen molar-refractivity contribution in [3.63, 3.8) is 0 Å². The Morgan fingerprint density at radius 3 is 2.39 bits per heavy atom. The SMILES string of the molecule is Cn1cc(CC(C)(N)Cc2ccc(F)cc2)cn1. The number of nitrogens with two attached hydrogens (primary N) is 1. The minimum absolute atomic E-state index is 0.218. The van der Waals surface area contributed by atoms with Gasteiger partial charge in [0.1, 0.15) is 5.82 Å². The van der Waals surface area contributed by atoms with Gasteiger partial charge in [0.2, 0.25) is 0 Å². The van der Waals surface area contributed by atoms with Crippen molar-refractivity contribution in [1.82, 2.24) is 9.78 Å². The van der Waals surface area contributed by atoms with E-state index in [1.165, 1.54) is 12.1 Å². The number of benzene rings is 1. The number of rotatable bonds is 4. The summed E-state index contributed by atoms with van der Waals surface area (Å²) < 4.78 is 14.6. The van der Waals surface area contributed by atoms with Gasteiger partial charge in [-0.3, -0.25) is 4.68 Å². The zero-order chi connectivity index (χ0) is 13.2. The van der Waals surface area contributed by atoms with Crippen LogP contribution in [0.1, 0.15) is 18.1 Å². The van der Waals surface area contributed by atoms with E-state index in [2.05, 4.69) is 5.10 Å². The van der Waals surface area contributed by atoms with Crippen LogP contribution >= 0.6 is 0 Å². The summed E-state index contributed by atoms with van der Waals surface area (Å²) in [4.78, 5) is 0. The van der Waals surface area contributed by atoms with Gasteiger partial charge in [0.25, 0.3) is 0 Å². The molecule has 0 fully saturated rings. The Balaban J connectivity index is 2.04. The molecule has 1 aromatic heterocycles.